The van der Waals surface area contributed by atoms with Crippen LogP contribution in [0, 0.1) is 0 Å². The van der Waals surface area contributed by atoms with Crippen LogP contribution in [0.25, 0.3) is 5.57 Å². The Kier molecular flexibility index (Phi) is 9.67. The number of rotatable bonds is 11. The molecule has 2 aromatic rings. The fraction of sp³-hybridized carbons (Fsp3) is 0.407. The van der Waals surface area contributed by atoms with Crippen LogP contribution in [-0.2, 0) is 16.1 Å². The Morgan fingerprint density at radius 1 is 0.970 bits per heavy atom. The van der Waals surface area contributed by atoms with Crippen molar-refractivity contribution in [3.63, 3.8) is 0 Å². The second-order valence-electron chi connectivity index (χ2n) is 8.04. The van der Waals surface area contributed by atoms with Crippen molar-refractivity contribution in [2.75, 3.05) is 14.2 Å². The van der Waals surface area contributed by atoms with Crippen molar-refractivity contribution in [1.82, 2.24) is 0 Å². The van der Waals surface area contributed by atoms with Crippen LogP contribution >= 0.6 is 0 Å². The van der Waals surface area contributed by atoms with E-state index in [1.165, 1.54) is 20.3 Å². The van der Waals surface area contributed by atoms with Crippen molar-refractivity contribution in [3.05, 3.63) is 70.8 Å². The topological polar surface area (TPSA) is 82.1 Å². The lowest BCUT2D eigenvalue weighted by molar-refractivity contribution is 0.0246. The number of methoxy groups -OCH3 is 2. The molecule has 6 nitrogen and oxygen atoms in total. The van der Waals surface area contributed by atoms with E-state index in [0.29, 0.717) is 5.75 Å². The van der Waals surface area contributed by atoms with E-state index >= 15 is 0 Å². The van der Waals surface area contributed by atoms with Crippen LogP contribution in [0.15, 0.2) is 48.5 Å². The summed E-state index contributed by atoms with van der Waals surface area (Å²) in [6, 6.07) is 12.6. The molecule has 0 unspecified atom stereocenters. The predicted octanol–water partition coefficient (Wildman–Crippen LogP) is 5.57. The number of carbonyl (C=O) groups excluding carboxylic acids is 2. The van der Waals surface area contributed by atoms with E-state index < -0.39 is 17.5 Å². The van der Waals surface area contributed by atoms with Crippen LogP contribution < -0.4 is 4.74 Å². The highest BCUT2D eigenvalue weighted by Crippen LogP contribution is 2.25. The molecule has 0 heterocycles. The number of ether oxygens (including phenoxy) is 3. The molecule has 0 aromatic heterocycles. The van der Waals surface area contributed by atoms with Crippen LogP contribution in [0.1, 0.15) is 78.3 Å². The molecule has 178 valence electrons. The van der Waals surface area contributed by atoms with Gasteiger partial charge in [0, 0.05) is 0 Å². The summed E-state index contributed by atoms with van der Waals surface area (Å²) in [6.07, 6.45) is 5.18. The molecule has 0 atom stereocenters. The standard InChI is InChI=1S/C27H34O6/c1-6-27(30,7-2)15-9-10-19(3)21-11-8-12-22(17-21)33-18-20-13-14-23(25(28)31-4)24(16-20)26(29)32-5/h8,10-14,16-17,30H,6-7,9,15,18H2,1-5H3/b19-10-. The lowest BCUT2D eigenvalue weighted by Gasteiger charge is -2.24. The molecule has 0 fully saturated rings. The zero-order valence-electron chi connectivity index (χ0n) is 20.1. The van der Waals surface area contributed by atoms with Gasteiger partial charge in [-0.1, -0.05) is 38.1 Å². The molecule has 0 saturated heterocycles. The number of aliphatic hydroxyl groups is 1. The first kappa shape index (κ1) is 26.1. The van der Waals surface area contributed by atoms with Crippen molar-refractivity contribution in [1.29, 1.82) is 0 Å². The Morgan fingerprint density at radius 3 is 2.27 bits per heavy atom. The molecule has 0 amide bonds. The van der Waals surface area contributed by atoms with Crippen LogP contribution in [0.2, 0.25) is 0 Å². The summed E-state index contributed by atoms with van der Waals surface area (Å²) >= 11 is 0. The molecule has 0 saturated carbocycles. The van der Waals surface area contributed by atoms with Gasteiger partial charge in [0.15, 0.2) is 0 Å². The van der Waals surface area contributed by atoms with E-state index in [1.807, 2.05) is 45.0 Å². The molecule has 2 rings (SSSR count). The molecule has 1 N–H and O–H groups in total. The minimum atomic E-state index is -0.613. The summed E-state index contributed by atoms with van der Waals surface area (Å²) in [5.41, 5.74) is 2.56. The number of carbonyl (C=O) groups is 2. The number of hydrogen-bond acceptors (Lipinski definition) is 6. The predicted molar refractivity (Wildman–Crippen MR) is 128 cm³/mol. The molecule has 0 spiro atoms. The third-order valence-corrected chi connectivity index (χ3v) is 5.97. The van der Waals surface area contributed by atoms with Crippen molar-refractivity contribution in [2.24, 2.45) is 0 Å². The monoisotopic (exact) mass is 454 g/mol. The third-order valence-electron chi connectivity index (χ3n) is 5.97. The summed E-state index contributed by atoms with van der Waals surface area (Å²) in [5.74, 6) is -0.525. The van der Waals surface area contributed by atoms with Gasteiger partial charge in [-0.15, -0.1) is 0 Å². The molecule has 6 heteroatoms. The maximum atomic E-state index is 12.1. The fourth-order valence-electron chi connectivity index (χ4n) is 3.52. The summed E-state index contributed by atoms with van der Waals surface area (Å²) in [5, 5.41) is 10.5. The first-order valence-electron chi connectivity index (χ1n) is 11.2. The van der Waals surface area contributed by atoms with Crippen LogP contribution in [0.5, 0.6) is 5.75 Å². The molecule has 0 aliphatic rings. The fourth-order valence-corrected chi connectivity index (χ4v) is 3.52. The van der Waals surface area contributed by atoms with Gasteiger partial charge >= 0.3 is 11.9 Å². The van der Waals surface area contributed by atoms with E-state index in [9.17, 15) is 14.7 Å². The Balaban J connectivity index is 2.11. The van der Waals surface area contributed by atoms with E-state index in [0.717, 1.165) is 42.4 Å². The average molecular weight is 455 g/mol. The van der Waals surface area contributed by atoms with E-state index in [-0.39, 0.29) is 17.7 Å². The maximum absolute atomic E-state index is 12.1. The van der Waals surface area contributed by atoms with Gasteiger partial charge in [0.05, 0.1) is 30.9 Å². The minimum Gasteiger partial charge on any atom is -0.489 e. The summed E-state index contributed by atoms with van der Waals surface area (Å²) in [7, 11) is 2.52. The van der Waals surface area contributed by atoms with E-state index in [4.69, 9.17) is 14.2 Å². The first-order valence-corrected chi connectivity index (χ1v) is 11.2. The summed E-state index contributed by atoms with van der Waals surface area (Å²) in [4.78, 5) is 24.0. The van der Waals surface area contributed by atoms with Crippen molar-refractivity contribution in [2.45, 2.75) is 58.7 Å². The number of esters is 2. The average Bonchev–Trinajstić information content (AvgIpc) is 2.86. The molecule has 2 aromatic carbocycles. The molecule has 0 radical (unpaired) electrons. The van der Waals surface area contributed by atoms with Gasteiger partial charge in [0.2, 0.25) is 0 Å². The normalized spacial score (nSPS) is 11.8. The van der Waals surface area contributed by atoms with Crippen molar-refractivity contribution < 1.29 is 28.9 Å². The highest BCUT2D eigenvalue weighted by molar-refractivity contribution is 6.03. The number of benzene rings is 2. The lowest BCUT2D eigenvalue weighted by atomic mass is 9.91. The minimum absolute atomic E-state index is 0.136. The van der Waals surface area contributed by atoms with Crippen LogP contribution in [0.4, 0.5) is 0 Å². The Labute approximate surface area is 196 Å². The van der Waals surface area contributed by atoms with Gasteiger partial charge in [-0.2, -0.15) is 0 Å². The zero-order valence-corrected chi connectivity index (χ0v) is 20.1. The van der Waals surface area contributed by atoms with Gasteiger partial charge in [0.1, 0.15) is 12.4 Å². The summed E-state index contributed by atoms with van der Waals surface area (Å²) in [6.45, 7) is 6.29. The highest BCUT2D eigenvalue weighted by atomic mass is 16.5. The summed E-state index contributed by atoms with van der Waals surface area (Å²) < 4.78 is 15.5. The molecule has 0 aliphatic carbocycles. The Morgan fingerprint density at radius 2 is 1.64 bits per heavy atom. The number of hydrogen-bond donors (Lipinski definition) is 1. The first-order chi connectivity index (χ1) is 15.8. The third kappa shape index (κ3) is 7.19. The SMILES string of the molecule is CCC(O)(CC)CC/C=C(/C)c1cccc(OCc2ccc(C(=O)OC)c(C(=O)OC)c2)c1. The Hall–Kier alpha value is -3.12. The molecule has 33 heavy (non-hydrogen) atoms. The largest absolute Gasteiger partial charge is 0.489 e. The number of allylic oxidation sites excluding steroid dienone is 2. The Bertz CT molecular complexity index is 988. The maximum Gasteiger partial charge on any atom is 0.338 e. The molecular weight excluding hydrogens is 420 g/mol. The van der Waals surface area contributed by atoms with Crippen molar-refractivity contribution in [3.8, 4) is 5.75 Å². The van der Waals surface area contributed by atoms with Gasteiger partial charge in [-0.3, -0.25) is 0 Å². The smallest absolute Gasteiger partial charge is 0.338 e. The lowest BCUT2D eigenvalue weighted by Crippen LogP contribution is -2.25. The van der Waals surface area contributed by atoms with Crippen molar-refractivity contribution >= 4 is 17.5 Å². The quantitative estimate of drug-likeness (QED) is 0.447. The highest BCUT2D eigenvalue weighted by Gasteiger charge is 2.21. The molecule has 0 bridgehead atoms. The van der Waals surface area contributed by atoms with Gasteiger partial charge in [-0.05, 0) is 73.6 Å². The van der Waals surface area contributed by atoms with Crippen LogP contribution in [0.3, 0.4) is 0 Å². The van der Waals surface area contributed by atoms with E-state index in [2.05, 4.69) is 6.08 Å². The van der Waals surface area contributed by atoms with Gasteiger partial charge < -0.3 is 19.3 Å². The second-order valence-corrected chi connectivity index (χ2v) is 8.04. The van der Waals surface area contributed by atoms with Crippen LogP contribution in [-0.4, -0.2) is 36.9 Å². The van der Waals surface area contributed by atoms with Gasteiger partial charge in [-0.25, -0.2) is 9.59 Å². The van der Waals surface area contributed by atoms with Gasteiger partial charge in [0.25, 0.3) is 0 Å². The second kappa shape index (κ2) is 12.2. The molecular formula is C27H34O6. The van der Waals surface area contributed by atoms with E-state index in [1.54, 1.807) is 12.1 Å². The molecule has 0 aliphatic heterocycles. The zero-order chi connectivity index (χ0) is 24.4.